The third-order valence-corrected chi connectivity index (χ3v) is 9.40. The molecule has 0 aliphatic rings. The Morgan fingerprint density at radius 2 is 1.81 bits per heavy atom. The SMILES string of the molecule is CC[Si](CC)(CC)OC(CC/C(C)=C\CI)CC(=O)OC. The summed E-state index contributed by atoms with van der Waals surface area (Å²) in [5.74, 6) is -0.165. The van der Waals surface area contributed by atoms with E-state index in [4.69, 9.17) is 9.16 Å². The van der Waals surface area contributed by atoms with Gasteiger partial charge in [0.25, 0.3) is 0 Å². The van der Waals surface area contributed by atoms with Gasteiger partial charge in [-0.15, -0.1) is 0 Å². The van der Waals surface area contributed by atoms with Gasteiger partial charge in [0, 0.05) is 4.43 Å². The first kappa shape index (κ1) is 21.1. The molecule has 0 heterocycles. The Balaban J connectivity index is 4.80. The molecule has 0 amide bonds. The summed E-state index contributed by atoms with van der Waals surface area (Å²) in [7, 11) is -0.230. The number of carbonyl (C=O) groups excluding carboxylic acids is 1. The molecule has 0 N–H and O–H groups in total. The number of alkyl halides is 1. The molecule has 0 spiro atoms. The highest BCUT2D eigenvalue weighted by Crippen LogP contribution is 2.26. The van der Waals surface area contributed by atoms with Crippen molar-refractivity contribution in [3.63, 3.8) is 0 Å². The zero-order chi connectivity index (χ0) is 16.3. The van der Waals surface area contributed by atoms with Crippen molar-refractivity contribution in [2.75, 3.05) is 11.5 Å². The quantitative estimate of drug-likeness (QED) is 0.152. The van der Waals surface area contributed by atoms with Crippen LogP contribution in [0.1, 0.15) is 47.0 Å². The highest BCUT2D eigenvalue weighted by atomic mass is 127. The van der Waals surface area contributed by atoms with Crippen molar-refractivity contribution in [3.05, 3.63) is 11.6 Å². The summed E-state index contributed by atoms with van der Waals surface area (Å²) in [6, 6.07) is 3.33. The van der Waals surface area contributed by atoms with Crippen molar-refractivity contribution >= 4 is 36.9 Å². The molecule has 0 saturated heterocycles. The molecule has 124 valence electrons. The number of hydrogen-bond acceptors (Lipinski definition) is 3. The van der Waals surface area contributed by atoms with Crippen molar-refractivity contribution < 1.29 is 14.0 Å². The first-order valence-corrected chi connectivity index (χ1v) is 12.0. The first-order chi connectivity index (χ1) is 9.96. The normalized spacial score (nSPS) is 14.1. The van der Waals surface area contributed by atoms with Crippen molar-refractivity contribution in [3.8, 4) is 0 Å². The van der Waals surface area contributed by atoms with Gasteiger partial charge in [-0.2, -0.15) is 0 Å². The van der Waals surface area contributed by atoms with E-state index in [1.165, 1.54) is 12.7 Å². The molecule has 1 atom stereocenters. The molecule has 5 heteroatoms. The predicted octanol–water partition coefficient (Wildman–Crippen LogP) is 5.10. The maximum absolute atomic E-state index is 11.6. The lowest BCUT2D eigenvalue weighted by Gasteiger charge is -2.33. The number of esters is 1. The fourth-order valence-corrected chi connectivity index (χ4v) is 6.11. The lowest BCUT2D eigenvalue weighted by atomic mass is 10.1. The molecule has 3 nitrogen and oxygen atoms in total. The molecular formula is C16H31IO3Si. The highest BCUT2D eigenvalue weighted by molar-refractivity contribution is 14.1. The zero-order valence-corrected chi connectivity index (χ0v) is 17.4. The van der Waals surface area contributed by atoms with Gasteiger partial charge in [0.1, 0.15) is 0 Å². The third kappa shape index (κ3) is 8.35. The van der Waals surface area contributed by atoms with E-state index < -0.39 is 8.32 Å². The number of allylic oxidation sites excluding steroid dienone is 2. The molecule has 0 saturated carbocycles. The van der Waals surface area contributed by atoms with Gasteiger partial charge >= 0.3 is 5.97 Å². The van der Waals surface area contributed by atoms with E-state index >= 15 is 0 Å². The van der Waals surface area contributed by atoms with Crippen LogP contribution < -0.4 is 0 Å². The van der Waals surface area contributed by atoms with Crippen LogP contribution in [-0.4, -0.2) is 31.9 Å². The molecule has 0 fully saturated rings. The molecule has 0 aliphatic heterocycles. The van der Waals surface area contributed by atoms with Crippen molar-refractivity contribution in [1.82, 2.24) is 0 Å². The van der Waals surface area contributed by atoms with E-state index in [1.54, 1.807) is 0 Å². The van der Waals surface area contributed by atoms with Gasteiger partial charge in [0.2, 0.25) is 0 Å². The molecular weight excluding hydrogens is 395 g/mol. The third-order valence-electron chi connectivity index (χ3n) is 4.26. The summed E-state index contributed by atoms with van der Waals surface area (Å²) >= 11 is 2.35. The summed E-state index contributed by atoms with van der Waals surface area (Å²) in [5.41, 5.74) is 1.37. The Hall–Kier alpha value is 0.117. The number of rotatable bonds is 11. The van der Waals surface area contributed by atoms with E-state index in [-0.39, 0.29) is 12.1 Å². The minimum atomic E-state index is -1.68. The molecule has 1 unspecified atom stereocenters. The van der Waals surface area contributed by atoms with Gasteiger partial charge < -0.3 is 9.16 Å². The van der Waals surface area contributed by atoms with Gasteiger partial charge in [-0.3, -0.25) is 4.79 Å². The molecule has 0 radical (unpaired) electrons. The fraction of sp³-hybridized carbons (Fsp3) is 0.812. The van der Waals surface area contributed by atoms with Gasteiger partial charge in [0.15, 0.2) is 8.32 Å². The van der Waals surface area contributed by atoms with E-state index in [1.807, 2.05) is 0 Å². The molecule has 21 heavy (non-hydrogen) atoms. The second-order valence-electron chi connectivity index (χ2n) is 5.51. The van der Waals surface area contributed by atoms with Crippen LogP contribution in [-0.2, 0) is 14.0 Å². The summed E-state index contributed by atoms with van der Waals surface area (Å²) in [5, 5.41) is 0. The topological polar surface area (TPSA) is 35.5 Å². The van der Waals surface area contributed by atoms with E-state index in [0.717, 1.165) is 35.4 Å². The highest BCUT2D eigenvalue weighted by Gasteiger charge is 2.32. The van der Waals surface area contributed by atoms with Gasteiger partial charge in [0.05, 0.1) is 19.6 Å². The average Bonchev–Trinajstić information content (AvgIpc) is 2.50. The maximum atomic E-state index is 11.6. The van der Waals surface area contributed by atoms with Gasteiger partial charge in [-0.05, 0) is 37.9 Å². The Kier molecular flexibility index (Phi) is 11.7. The minimum absolute atomic E-state index is 0.00141. The first-order valence-electron chi connectivity index (χ1n) is 7.93. The number of methoxy groups -OCH3 is 1. The van der Waals surface area contributed by atoms with E-state index in [0.29, 0.717) is 6.42 Å². The number of carbonyl (C=O) groups is 1. The Morgan fingerprint density at radius 1 is 1.24 bits per heavy atom. The van der Waals surface area contributed by atoms with Crippen LogP contribution in [0.25, 0.3) is 0 Å². The zero-order valence-electron chi connectivity index (χ0n) is 14.2. The van der Waals surface area contributed by atoms with Crippen LogP contribution in [0.4, 0.5) is 0 Å². The summed E-state index contributed by atoms with van der Waals surface area (Å²) in [4.78, 5) is 11.6. The number of ether oxygens (including phenoxy) is 1. The van der Waals surface area contributed by atoms with Crippen LogP contribution in [0.5, 0.6) is 0 Å². The molecule has 0 aromatic heterocycles. The molecule has 0 bridgehead atoms. The van der Waals surface area contributed by atoms with Crippen molar-refractivity contribution in [1.29, 1.82) is 0 Å². The monoisotopic (exact) mass is 426 g/mol. The molecule has 0 rings (SSSR count). The lowest BCUT2D eigenvalue weighted by molar-refractivity contribution is -0.142. The molecule has 0 aliphatic carbocycles. The van der Waals surface area contributed by atoms with Crippen molar-refractivity contribution in [2.24, 2.45) is 0 Å². The maximum Gasteiger partial charge on any atom is 0.308 e. The molecule has 0 aromatic rings. The number of halogens is 1. The lowest BCUT2D eigenvalue weighted by Crippen LogP contribution is -2.40. The fourth-order valence-electron chi connectivity index (χ4n) is 2.45. The number of hydrogen-bond donors (Lipinski definition) is 0. The van der Waals surface area contributed by atoms with Crippen molar-refractivity contribution in [2.45, 2.75) is 71.2 Å². The largest absolute Gasteiger partial charge is 0.469 e. The Labute approximate surface area is 145 Å². The summed E-state index contributed by atoms with van der Waals surface area (Å²) in [6.45, 7) is 8.80. The molecule has 0 aromatic carbocycles. The second-order valence-corrected chi connectivity index (χ2v) is 11.1. The predicted molar refractivity (Wildman–Crippen MR) is 101 cm³/mol. The van der Waals surface area contributed by atoms with Crippen LogP contribution in [0.15, 0.2) is 11.6 Å². The Morgan fingerprint density at radius 3 is 2.24 bits per heavy atom. The Bertz CT molecular complexity index is 319. The smallest absolute Gasteiger partial charge is 0.308 e. The van der Waals surface area contributed by atoms with Crippen LogP contribution >= 0.6 is 22.6 Å². The van der Waals surface area contributed by atoms with Crippen LogP contribution in [0.3, 0.4) is 0 Å². The van der Waals surface area contributed by atoms with Gasteiger partial charge in [-0.25, -0.2) is 0 Å². The second kappa shape index (κ2) is 11.7. The van der Waals surface area contributed by atoms with Crippen LogP contribution in [0, 0.1) is 0 Å². The minimum Gasteiger partial charge on any atom is -0.469 e. The summed E-state index contributed by atoms with van der Waals surface area (Å²) in [6.07, 6.45) is 4.51. The standard InChI is InChI=1S/C16H31IO3Si/c1-6-21(7-2,8-3)20-15(13-16(18)19-5)10-9-14(4)11-12-17/h11,15H,6-10,12-13H2,1-5H3/b14-11-. The van der Waals surface area contributed by atoms with E-state index in [9.17, 15) is 4.79 Å². The van der Waals surface area contributed by atoms with Gasteiger partial charge in [-0.1, -0.05) is 55.0 Å². The van der Waals surface area contributed by atoms with Crippen LogP contribution in [0.2, 0.25) is 18.1 Å². The summed E-state index contributed by atoms with van der Waals surface area (Å²) < 4.78 is 12.4. The average molecular weight is 426 g/mol. The van der Waals surface area contributed by atoms with E-state index in [2.05, 4.69) is 56.4 Å².